The minimum absolute atomic E-state index is 0.0189. The molecule has 0 saturated carbocycles. The summed E-state index contributed by atoms with van der Waals surface area (Å²) in [5.74, 6) is -2.05. The summed E-state index contributed by atoms with van der Waals surface area (Å²) in [6.45, 7) is -0.807. The van der Waals surface area contributed by atoms with Gasteiger partial charge in [-0.2, -0.15) is 8.78 Å². The summed E-state index contributed by atoms with van der Waals surface area (Å²) in [6, 6.07) is 14.1. The van der Waals surface area contributed by atoms with Crippen LogP contribution in [0.4, 0.5) is 17.6 Å². The molecule has 0 heterocycles. The van der Waals surface area contributed by atoms with Gasteiger partial charge in [0.05, 0.1) is 5.56 Å². The maximum absolute atomic E-state index is 15.2. The highest BCUT2D eigenvalue weighted by atomic mass is 19.3. The lowest BCUT2D eigenvalue weighted by Crippen LogP contribution is -2.03. The fourth-order valence-corrected chi connectivity index (χ4v) is 3.48. The monoisotopic (exact) mass is 432 g/mol. The Kier molecular flexibility index (Phi) is 7.55. The van der Waals surface area contributed by atoms with Crippen LogP contribution in [0.15, 0.2) is 54.6 Å². The fraction of sp³-hybridized carbons (Fsp3) is 0.280. The topological polar surface area (TPSA) is 29.5 Å². The minimum atomic E-state index is -2.91. The Morgan fingerprint density at radius 2 is 1.48 bits per heavy atom. The molecule has 0 bridgehead atoms. The van der Waals surface area contributed by atoms with E-state index in [0.29, 0.717) is 12.0 Å². The van der Waals surface area contributed by atoms with Crippen LogP contribution in [0.2, 0.25) is 0 Å². The summed E-state index contributed by atoms with van der Waals surface area (Å²) in [5.41, 5.74) is 2.15. The molecule has 31 heavy (non-hydrogen) atoms. The molecule has 0 spiro atoms. The summed E-state index contributed by atoms with van der Waals surface area (Å²) in [6.07, 6.45) is 3.38. The number of ether oxygens (including phenoxy) is 1. The molecule has 3 aromatic rings. The molecule has 0 saturated heterocycles. The van der Waals surface area contributed by atoms with Gasteiger partial charge in [-0.05, 0) is 54.5 Å². The molecule has 164 valence electrons. The summed E-state index contributed by atoms with van der Waals surface area (Å²) in [7, 11) is 0. The first-order chi connectivity index (χ1) is 14.9. The van der Waals surface area contributed by atoms with Crippen LogP contribution in [0.1, 0.15) is 36.5 Å². The van der Waals surface area contributed by atoms with E-state index < -0.39 is 24.0 Å². The Labute approximate surface area is 179 Å². The highest BCUT2D eigenvalue weighted by molar-refractivity contribution is 5.72. The number of phenolic OH excluding ortho intramolecular Hbond substituents is 1. The zero-order valence-electron chi connectivity index (χ0n) is 17.2. The molecular formula is C25H24F4O2. The largest absolute Gasteiger partial charge is 0.507 e. The van der Waals surface area contributed by atoms with Gasteiger partial charge in [-0.25, -0.2) is 8.78 Å². The van der Waals surface area contributed by atoms with Crippen LogP contribution in [-0.2, 0) is 19.3 Å². The molecular weight excluding hydrogens is 408 g/mol. The molecule has 2 nitrogen and oxygen atoms in total. The number of benzene rings is 3. The van der Waals surface area contributed by atoms with Crippen molar-refractivity contribution in [1.82, 2.24) is 0 Å². The Morgan fingerprint density at radius 1 is 0.871 bits per heavy atom. The normalized spacial score (nSPS) is 11.2. The van der Waals surface area contributed by atoms with Gasteiger partial charge in [-0.3, -0.25) is 0 Å². The number of aryl methyl sites for hydroxylation is 2. The van der Waals surface area contributed by atoms with Crippen molar-refractivity contribution in [2.24, 2.45) is 0 Å². The van der Waals surface area contributed by atoms with Gasteiger partial charge in [0.2, 0.25) is 0 Å². The number of unbranched alkanes of at least 4 members (excludes halogenated alkanes) is 1. The summed E-state index contributed by atoms with van der Waals surface area (Å²) >= 11 is 0. The Bertz CT molecular complexity index is 1000. The van der Waals surface area contributed by atoms with Crippen LogP contribution in [0.3, 0.4) is 0 Å². The summed E-state index contributed by atoms with van der Waals surface area (Å²) in [5, 5.41) is 10.2. The number of hydrogen-bond donors (Lipinski definition) is 1. The molecule has 0 aliphatic carbocycles. The summed E-state index contributed by atoms with van der Waals surface area (Å²) in [4.78, 5) is 0. The van der Waals surface area contributed by atoms with Crippen LogP contribution >= 0.6 is 0 Å². The van der Waals surface area contributed by atoms with E-state index in [9.17, 15) is 18.3 Å². The molecule has 0 aliphatic rings. The molecule has 0 aromatic heterocycles. The lowest BCUT2D eigenvalue weighted by atomic mass is 9.95. The molecule has 0 radical (unpaired) electrons. The highest BCUT2D eigenvalue weighted by Gasteiger charge is 2.20. The van der Waals surface area contributed by atoms with Crippen LogP contribution < -0.4 is 4.74 Å². The van der Waals surface area contributed by atoms with Crippen LogP contribution in [0.5, 0.6) is 11.5 Å². The average Bonchev–Trinajstić information content (AvgIpc) is 2.73. The fourth-order valence-electron chi connectivity index (χ4n) is 3.48. The van der Waals surface area contributed by atoms with Crippen LogP contribution in [0.25, 0.3) is 11.1 Å². The Balaban J connectivity index is 1.80. The van der Waals surface area contributed by atoms with Crippen molar-refractivity contribution in [3.05, 3.63) is 82.9 Å². The number of aromatic hydroxyl groups is 1. The number of alkyl halides is 2. The molecule has 1 N–H and O–H groups in total. The molecule has 3 rings (SSSR count). The summed E-state index contributed by atoms with van der Waals surface area (Å²) < 4.78 is 58.4. The maximum atomic E-state index is 15.2. The van der Waals surface area contributed by atoms with Crippen molar-refractivity contribution >= 4 is 0 Å². The number of halogens is 4. The predicted octanol–water partition coefficient (Wildman–Crippen LogP) is 7.07. The third-order valence-corrected chi connectivity index (χ3v) is 5.17. The van der Waals surface area contributed by atoms with Crippen molar-refractivity contribution in [3.63, 3.8) is 0 Å². The molecule has 0 amide bonds. The lowest BCUT2D eigenvalue weighted by molar-refractivity contribution is -0.0498. The second-order valence-corrected chi connectivity index (χ2v) is 7.37. The van der Waals surface area contributed by atoms with Gasteiger partial charge in [-0.1, -0.05) is 49.7 Å². The van der Waals surface area contributed by atoms with E-state index in [4.69, 9.17) is 0 Å². The quantitative estimate of drug-likeness (QED) is 0.367. The predicted molar refractivity (Wildman–Crippen MR) is 113 cm³/mol. The molecule has 0 unspecified atom stereocenters. The van der Waals surface area contributed by atoms with Crippen molar-refractivity contribution in [2.45, 2.75) is 45.6 Å². The van der Waals surface area contributed by atoms with Crippen molar-refractivity contribution in [2.75, 3.05) is 0 Å². The first kappa shape index (κ1) is 22.7. The van der Waals surface area contributed by atoms with E-state index in [2.05, 4.69) is 11.7 Å². The highest BCUT2D eigenvalue weighted by Crippen LogP contribution is 2.36. The second kappa shape index (κ2) is 10.3. The van der Waals surface area contributed by atoms with E-state index in [-0.39, 0.29) is 23.3 Å². The van der Waals surface area contributed by atoms with Gasteiger partial charge in [0.1, 0.15) is 23.1 Å². The minimum Gasteiger partial charge on any atom is -0.507 e. The third-order valence-electron chi connectivity index (χ3n) is 5.17. The number of rotatable bonds is 9. The van der Waals surface area contributed by atoms with E-state index in [1.54, 1.807) is 24.3 Å². The van der Waals surface area contributed by atoms with Gasteiger partial charge >= 0.3 is 6.61 Å². The van der Waals surface area contributed by atoms with E-state index in [0.717, 1.165) is 36.5 Å². The van der Waals surface area contributed by atoms with E-state index in [1.807, 2.05) is 12.1 Å². The van der Waals surface area contributed by atoms with E-state index in [1.165, 1.54) is 12.1 Å². The van der Waals surface area contributed by atoms with Crippen molar-refractivity contribution < 1.29 is 27.4 Å². The maximum Gasteiger partial charge on any atom is 0.387 e. The lowest BCUT2D eigenvalue weighted by Gasteiger charge is -2.13. The third kappa shape index (κ3) is 5.78. The zero-order valence-corrected chi connectivity index (χ0v) is 17.2. The van der Waals surface area contributed by atoms with Crippen molar-refractivity contribution in [3.8, 4) is 22.6 Å². The molecule has 6 heteroatoms. The van der Waals surface area contributed by atoms with Gasteiger partial charge in [0.25, 0.3) is 0 Å². The SMILES string of the molecule is CCCCc1ccc(-c2c(O)cc(F)c(CCc3ccc(OC(F)F)cc3)c2F)cc1. The molecule has 0 atom stereocenters. The first-order valence-electron chi connectivity index (χ1n) is 10.2. The van der Waals surface area contributed by atoms with Gasteiger partial charge in [0.15, 0.2) is 0 Å². The Morgan fingerprint density at radius 3 is 2.10 bits per heavy atom. The smallest absolute Gasteiger partial charge is 0.387 e. The zero-order chi connectivity index (χ0) is 22.4. The van der Waals surface area contributed by atoms with Crippen molar-refractivity contribution in [1.29, 1.82) is 0 Å². The first-order valence-corrected chi connectivity index (χ1v) is 10.2. The number of phenols is 1. The average molecular weight is 432 g/mol. The van der Waals surface area contributed by atoms with Gasteiger partial charge < -0.3 is 9.84 Å². The van der Waals surface area contributed by atoms with Gasteiger partial charge in [-0.15, -0.1) is 0 Å². The van der Waals surface area contributed by atoms with Gasteiger partial charge in [0, 0.05) is 11.6 Å². The van der Waals surface area contributed by atoms with Crippen LogP contribution in [-0.4, -0.2) is 11.7 Å². The van der Waals surface area contributed by atoms with E-state index >= 15 is 4.39 Å². The second-order valence-electron chi connectivity index (χ2n) is 7.37. The standard InChI is InChI=1S/C25H24F4O2/c1-2-3-4-16-5-10-18(11-6-16)23-22(30)15-21(26)20(24(23)27)14-9-17-7-12-19(13-8-17)31-25(28)29/h5-8,10-13,15,25,30H,2-4,9,14H2,1H3. The molecule has 3 aromatic carbocycles. The Hall–Kier alpha value is -3.02. The molecule has 0 fully saturated rings. The molecule has 0 aliphatic heterocycles. The van der Waals surface area contributed by atoms with Crippen LogP contribution in [0, 0.1) is 11.6 Å². The number of hydrogen-bond acceptors (Lipinski definition) is 2.